The lowest BCUT2D eigenvalue weighted by Gasteiger charge is -2.39. The maximum atomic E-state index is 12.6. The Hall–Kier alpha value is -3.38. The maximum absolute atomic E-state index is 12.6. The predicted octanol–water partition coefficient (Wildman–Crippen LogP) is 5.02. The number of ether oxygens (including phenoxy) is 1. The molecule has 0 radical (unpaired) electrons. The molecule has 5 rings (SSSR count). The first-order valence-electron chi connectivity index (χ1n) is 12.5. The number of pyridine rings is 1. The van der Waals surface area contributed by atoms with Crippen LogP contribution in [0.25, 0.3) is 0 Å². The number of anilines is 2. The van der Waals surface area contributed by atoms with Crippen molar-refractivity contribution in [2.45, 2.75) is 49.6 Å². The average molecular weight is 471 g/mol. The van der Waals surface area contributed by atoms with Crippen molar-refractivity contribution in [2.24, 2.45) is 0 Å². The number of fused-ring (bicyclic) bond motifs is 1. The molecule has 1 aliphatic heterocycles. The fraction of sp³-hybridized carbons (Fsp3) is 0.379. The van der Waals surface area contributed by atoms with Crippen LogP contribution in [0.4, 0.5) is 11.5 Å². The van der Waals surface area contributed by atoms with Gasteiger partial charge in [0.05, 0.1) is 30.3 Å². The number of methoxy groups -OCH3 is 1. The third-order valence-electron chi connectivity index (χ3n) is 7.64. The van der Waals surface area contributed by atoms with Crippen LogP contribution in [0.2, 0.25) is 0 Å². The van der Waals surface area contributed by atoms with Gasteiger partial charge in [-0.2, -0.15) is 0 Å². The topological polar surface area (TPSA) is 75.3 Å². The van der Waals surface area contributed by atoms with Crippen molar-refractivity contribution in [1.82, 2.24) is 10.3 Å². The summed E-state index contributed by atoms with van der Waals surface area (Å²) in [4.78, 5) is 17.1. The zero-order chi connectivity index (χ0) is 24.3. The van der Waals surface area contributed by atoms with Gasteiger partial charge >= 0.3 is 5.97 Å². The highest BCUT2D eigenvalue weighted by atomic mass is 16.5. The minimum absolute atomic E-state index is 0.109. The van der Waals surface area contributed by atoms with Crippen molar-refractivity contribution in [1.29, 1.82) is 0 Å². The van der Waals surface area contributed by atoms with Crippen LogP contribution >= 0.6 is 0 Å². The number of carbonyl (C=O) groups is 1. The Balaban J connectivity index is 1.33. The lowest BCUT2D eigenvalue weighted by atomic mass is 9.64. The summed E-state index contributed by atoms with van der Waals surface area (Å²) in [5, 5.41) is 11.0. The maximum Gasteiger partial charge on any atom is 0.316 e. The molecule has 182 valence electrons. The Labute approximate surface area is 207 Å². The highest BCUT2D eigenvalue weighted by Crippen LogP contribution is 2.45. The Bertz CT molecular complexity index is 1160. The van der Waals surface area contributed by atoms with Crippen molar-refractivity contribution in [3.8, 4) is 0 Å². The van der Waals surface area contributed by atoms with Gasteiger partial charge in [0.2, 0.25) is 0 Å². The van der Waals surface area contributed by atoms with E-state index in [1.165, 1.54) is 18.2 Å². The number of benzene rings is 2. The molecule has 3 atom stereocenters. The van der Waals surface area contributed by atoms with Gasteiger partial charge in [0.1, 0.15) is 5.82 Å². The van der Waals surface area contributed by atoms with E-state index in [1.807, 2.05) is 12.3 Å². The van der Waals surface area contributed by atoms with Crippen LogP contribution in [0.3, 0.4) is 0 Å². The monoisotopic (exact) mass is 470 g/mol. The molecule has 35 heavy (non-hydrogen) atoms. The first-order valence-corrected chi connectivity index (χ1v) is 12.5. The highest BCUT2D eigenvalue weighted by Gasteiger charge is 2.46. The molecule has 2 heterocycles. The van der Waals surface area contributed by atoms with E-state index in [0.29, 0.717) is 0 Å². The van der Waals surface area contributed by atoms with Crippen molar-refractivity contribution in [3.05, 3.63) is 89.6 Å². The molecule has 3 aromatic rings. The van der Waals surface area contributed by atoms with Crippen LogP contribution < -0.4 is 16.0 Å². The summed E-state index contributed by atoms with van der Waals surface area (Å²) in [5.74, 6) is 1.05. The number of nitrogens with zero attached hydrogens (tertiary/aromatic N) is 1. The molecule has 2 aliphatic rings. The summed E-state index contributed by atoms with van der Waals surface area (Å²) in [6.45, 7) is 3.85. The third-order valence-corrected chi connectivity index (χ3v) is 7.64. The molecule has 3 N–H and O–H groups in total. The van der Waals surface area contributed by atoms with Gasteiger partial charge in [-0.25, -0.2) is 4.98 Å². The lowest BCUT2D eigenvalue weighted by molar-refractivity contribution is -0.151. The molecule has 0 bridgehead atoms. The van der Waals surface area contributed by atoms with Gasteiger partial charge in [-0.1, -0.05) is 67.9 Å². The van der Waals surface area contributed by atoms with E-state index >= 15 is 0 Å². The molecule has 6 heteroatoms. The number of hydrogen-bond acceptors (Lipinski definition) is 6. The molecule has 1 aliphatic carbocycles. The molecule has 1 saturated carbocycles. The molecule has 0 amide bonds. The lowest BCUT2D eigenvalue weighted by Crippen LogP contribution is -2.45. The predicted molar refractivity (Wildman–Crippen MR) is 140 cm³/mol. The van der Waals surface area contributed by atoms with Crippen LogP contribution in [0.15, 0.2) is 72.9 Å². The van der Waals surface area contributed by atoms with E-state index in [2.05, 4.69) is 88.5 Å². The van der Waals surface area contributed by atoms with Crippen molar-refractivity contribution in [3.63, 3.8) is 0 Å². The van der Waals surface area contributed by atoms with Gasteiger partial charge in [-0.15, -0.1) is 0 Å². The van der Waals surface area contributed by atoms with E-state index < -0.39 is 5.41 Å². The molecular formula is C29H34N4O2. The SMILES string of the molecule is COC(=O)C1(c2cccc(C(C)CN[C@H](c3ccccc3)[C@H]3CNc4cccnc4N3)c2)CCC1. The summed E-state index contributed by atoms with van der Waals surface area (Å²) >= 11 is 0. The van der Waals surface area contributed by atoms with Crippen LogP contribution in [0, 0.1) is 0 Å². The van der Waals surface area contributed by atoms with Crippen LogP contribution in [-0.4, -0.2) is 37.2 Å². The summed E-state index contributed by atoms with van der Waals surface area (Å²) in [7, 11) is 1.49. The van der Waals surface area contributed by atoms with E-state index in [9.17, 15) is 4.79 Å². The zero-order valence-corrected chi connectivity index (χ0v) is 20.5. The Kier molecular flexibility index (Phi) is 6.73. The van der Waals surface area contributed by atoms with Crippen molar-refractivity contribution >= 4 is 17.5 Å². The third kappa shape index (κ3) is 4.63. The molecule has 1 fully saturated rings. The zero-order valence-electron chi connectivity index (χ0n) is 20.5. The van der Waals surface area contributed by atoms with E-state index in [-0.39, 0.29) is 24.0 Å². The Morgan fingerprint density at radius 1 is 1.11 bits per heavy atom. The summed E-state index contributed by atoms with van der Waals surface area (Å²) < 4.78 is 5.16. The number of aromatic nitrogens is 1. The average Bonchev–Trinajstić information content (AvgIpc) is 2.88. The molecule has 2 aromatic carbocycles. The summed E-state index contributed by atoms with van der Waals surface area (Å²) in [5.41, 5.74) is 4.13. The van der Waals surface area contributed by atoms with Gasteiger partial charge in [0, 0.05) is 19.3 Å². The van der Waals surface area contributed by atoms with Gasteiger partial charge < -0.3 is 20.7 Å². The first kappa shape index (κ1) is 23.4. The number of nitrogens with one attached hydrogen (secondary N) is 3. The molecule has 1 aromatic heterocycles. The first-order chi connectivity index (χ1) is 17.1. The highest BCUT2D eigenvalue weighted by molar-refractivity contribution is 5.84. The fourth-order valence-corrected chi connectivity index (χ4v) is 5.36. The summed E-state index contributed by atoms with van der Waals surface area (Å²) in [6, 6.07) is 23.4. The minimum Gasteiger partial charge on any atom is -0.468 e. The molecular weight excluding hydrogens is 436 g/mol. The van der Waals surface area contributed by atoms with Gasteiger partial charge in [0.25, 0.3) is 0 Å². The smallest absolute Gasteiger partial charge is 0.316 e. The molecule has 0 saturated heterocycles. The number of carbonyl (C=O) groups excluding carboxylic acids is 1. The van der Waals surface area contributed by atoms with Gasteiger partial charge in [-0.05, 0) is 47.6 Å². The quantitative estimate of drug-likeness (QED) is 0.402. The molecule has 6 nitrogen and oxygen atoms in total. The van der Waals surface area contributed by atoms with Crippen LogP contribution in [0.5, 0.6) is 0 Å². The molecule has 0 spiro atoms. The number of rotatable bonds is 8. The summed E-state index contributed by atoms with van der Waals surface area (Å²) in [6.07, 6.45) is 4.61. The van der Waals surface area contributed by atoms with Crippen LogP contribution in [-0.2, 0) is 14.9 Å². The van der Waals surface area contributed by atoms with Crippen molar-refractivity contribution < 1.29 is 9.53 Å². The van der Waals surface area contributed by atoms with E-state index in [0.717, 1.165) is 49.4 Å². The van der Waals surface area contributed by atoms with E-state index in [1.54, 1.807) is 0 Å². The second-order valence-electron chi connectivity index (χ2n) is 9.78. The van der Waals surface area contributed by atoms with E-state index in [4.69, 9.17) is 4.74 Å². The fourth-order valence-electron chi connectivity index (χ4n) is 5.36. The van der Waals surface area contributed by atoms with Crippen LogP contribution in [0.1, 0.15) is 54.8 Å². The standard InChI is InChI=1S/C29H34N4O2/c1-20(22-11-6-12-23(17-22)29(14-8-15-29)28(34)35-2)18-32-26(21-9-4-3-5-10-21)25-19-31-24-13-7-16-30-27(24)33-25/h3-7,9-13,16-17,20,25-26,31-32H,8,14-15,18-19H2,1-2H3,(H,30,33)/t20?,25-,26-/m1/s1. The normalized spacial score (nSPS) is 19.8. The largest absolute Gasteiger partial charge is 0.468 e. The minimum atomic E-state index is -0.470. The number of esters is 1. The number of hydrogen-bond donors (Lipinski definition) is 3. The van der Waals surface area contributed by atoms with Gasteiger partial charge in [-0.3, -0.25) is 4.79 Å². The Morgan fingerprint density at radius 3 is 2.66 bits per heavy atom. The second kappa shape index (κ2) is 10.1. The van der Waals surface area contributed by atoms with Crippen molar-refractivity contribution in [2.75, 3.05) is 30.8 Å². The Morgan fingerprint density at radius 2 is 1.91 bits per heavy atom. The van der Waals surface area contributed by atoms with Gasteiger partial charge in [0.15, 0.2) is 0 Å². The second-order valence-corrected chi connectivity index (χ2v) is 9.78. The molecule has 1 unspecified atom stereocenters.